The van der Waals surface area contributed by atoms with Crippen LogP contribution in [-0.2, 0) is 16.1 Å². The number of alkyl halides is 2. The zero-order chi connectivity index (χ0) is 22.4. The Bertz CT molecular complexity index is 927. The van der Waals surface area contributed by atoms with Crippen LogP contribution in [0.25, 0.3) is 0 Å². The van der Waals surface area contributed by atoms with Gasteiger partial charge < -0.3 is 15.4 Å². The second-order valence-corrected chi connectivity index (χ2v) is 7.52. The van der Waals surface area contributed by atoms with E-state index in [1.165, 1.54) is 12.3 Å². The molecule has 0 aliphatic carbocycles. The number of carbonyl (C=O) groups is 2. The molecule has 1 aliphatic rings. The fourth-order valence-corrected chi connectivity index (χ4v) is 3.51. The number of benzene rings is 1. The van der Waals surface area contributed by atoms with Gasteiger partial charge in [0.15, 0.2) is 0 Å². The predicted octanol–water partition coefficient (Wildman–Crippen LogP) is 3.60. The van der Waals surface area contributed by atoms with Gasteiger partial charge in [0.05, 0.1) is 0 Å². The Morgan fingerprint density at radius 3 is 2.84 bits per heavy atom. The van der Waals surface area contributed by atoms with Crippen molar-refractivity contribution in [3.63, 3.8) is 0 Å². The average molecular weight is 453 g/mol. The van der Waals surface area contributed by atoms with Crippen LogP contribution >= 0.6 is 11.6 Å². The molecule has 1 saturated heterocycles. The maximum absolute atomic E-state index is 12.3. The van der Waals surface area contributed by atoms with Gasteiger partial charge in [-0.3, -0.25) is 14.9 Å². The van der Waals surface area contributed by atoms with Crippen molar-refractivity contribution in [2.45, 2.75) is 51.6 Å². The molecule has 2 unspecified atom stereocenters. The Kier molecular flexibility index (Phi) is 7.75. The largest absolute Gasteiger partial charge is 0.417 e. The summed E-state index contributed by atoms with van der Waals surface area (Å²) in [6.45, 7) is -0.673. The smallest absolute Gasteiger partial charge is 0.388 e. The molecule has 2 atom stereocenters. The van der Waals surface area contributed by atoms with Gasteiger partial charge in [-0.05, 0) is 29.7 Å². The molecule has 0 spiro atoms. The van der Waals surface area contributed by atoms with Crippen molar-refractivity contribution in [2.24, 2.45) is 0 Å². The summed E-state index contributed by atoms with van der Waals surface area (Å²) in [5, 5.41) is 9.46. The Morgan fingerprint density at radius 1 is 1.35 bits per heavy atom. The first-order valence-electron chi connectivity index (χ1n) is 9.87. The van der Waals surface area contributed by atoms with Crippen LogP contribution in [0.2, 0.25) is 5.02 Å². The van der Waals surface area contributed by atoms with E-state index < -0.39 is 18.8 Å². The first-order valence-corrected chi connectivity index (χ1v) is 10.2. The fraction of sp³-hybridized carbons (Fsp3) is 0.381. The summed E-state index contributed by atoms with van der Waals surface area (Å²) in [7, 11) is 0. The zero-order valence-electron chi connectivity index (χ0n) is 16.8. The van der Waals surface area contributed by atoms with Crippen molar-refractivity contribution in [2.75, 3.05) is 0 Å². The van der Waals surface area contributed by atoms with Gasteiger partial charge in [0.2, 0.25) is 17.7 Å². The zero-order valence-corrected chi connectivity index (χ0v) is 17.6. The molecule has 2 heterocycles. The van der Waals surface area contributed by atoms with E-state index in [1.807, 2.05) is 19.1 Å². The van der Waals surface area contributed by atoms with Gasteiger partial charge in [0, 0.05) is 48.3 Å². The van der Waals surface area contributed by atoms with E-state index in [0.29, 0.717) is 29.1 Å². The third kappa shape index (κ3) is 6.35. The number of hydrogen-bond donors (Lipinski definition) is 3. The Labute approximate surface area is 183 Å². The topological polar surface area (TPSA) is 92.4 Å². The third-order valence-electron chi connectivity index (χ3n) is 4.77. The highest BCUT2D eigenvalue weighted by Crippen LogP contribution is 2.30. The molecule has 0 bridgehead atoms. The minimum Gasteiger partial charge on any atom is -0.417 e. The molecular formula is C21H23ClF2N4O3. The second-order valence-electron chi connectivity index (χ2n) is 7.11. The first kappa shape index (κ1) is 22.9. The SMILES string of the molecule is CCCC(=O)NCc1ccc(Cl)c(C2NC(=O)CC(c3ccc(OC(F)F)nc3)N2)c1. The normalized spacial score (nSPS) is 18.5. The van der Waals surface area contributed by atoms with Crippen molar-refractivity contribution < 1.29 is 23.1 Å². The van der Waals surface area contributed by atoms with E-state index in [1.54, 1.807) is 12.1 Å². The molecule has 0 radical (unpaired) electrons. The van der Waals surface area contributed by atoms with Crippen LogP contribution in [0.5, 0.6) is 5.88 Å². The van der Waals surface area contributed by atoms with Gasteiger partial charge in [-0.1, -0.05) is 30.7 Å². The number of aromatic nitrogens is 1. The molecule has 3 N–H and O–H groups in total. The molecule has 1 fully saturated rings. The van der Waals surface area contributed by atoms with E-state index in [2.05, 4.69) is 25.7 Å². The van der Waals surface area contributed by atoms with Crippen molar-refractivity contribution in [3.8, 4) is 5.88 Å². The van der Waals surface area contributed by atoms with Crippen LogP contribution in [0.3, 0.4) is 0 Å². The maximum Gasteiger partial charge on any atom is 0.388 e. The molecule has 2 amide bonds. The molecule has 1 aromatic heterocycles. The monoisotopic (exact) mass is 452 g/mol. The Hall–Kier alpha value is -2.78. The lowest BCUT2D eigenvalue weighted by atomic mass is 9.99. The number of ether oxygens (including phenoxy) is 1. The molecule has 10 heteroatoms. The minimum absolute atomic E-state index is 0.0325. The van der Waals surface area contributed by atoms with E-state index in [-0.39, 0.29) is 24.1 Å². The Morgan fingerprint density at radius 2 is 2.16 bits per heavy atom. The lowest BCUT2D eigenvalue weighted by Gasteiger charge is -2.32. The summed E-state index contributed by atoms with van der Waals surface area (Å²) in [6, 6.07) is 7.87. The third-order valence-corrected chi connectivity index (χ3v) is 5.12. The van der Waals surface area contributed by atoms with Crippen molar-refractivity contribution in [3.05, 3.63) is 58.2 Å². The van der Waals surface area contributed by atoms with Crippen LogP contribution in [0, 0.1) is 0 Å². The molecule has 1 aromatic carbocycles. The minimum atomic E-state index is -2.96. The molecule has 1 aliphatic heterocycles. The van der Waals surface area contributed by atoms with E-state index in [4.69, 9.17) is 11.6 Å². The number of nitrogens with one attached hydrogen (secondary N) is 3. The van der Waals surface area contributed by atoms with Gasteiger partial charge in [-0.15, -0.1) is 0 Å². The summed E-state index contributed by atoms with van der Waals surface area (Å²) in [5.41, 5.74) is 2.16. The number of carbonyl (C=O) groups excluding carboxylic acids is 2. The summed E-state index contributed by atoms with van der Waals surface area (Å²) in [6.07, 6.45) is 2.20. The van der Waals surface area contributed by atoms with Gasteiger partial charge in [0.1, 0.15) is 6.17 Å². The highest BCUT2D eigenvalue weighted by molar-refractivity contribution is 6.31. The van der Waals surface area contributed by atoms with E-state index in [0.717, 1.165) is 12.0 Å². The van der Waals surface area contributed by atoms with Gasteiger partial charge in [-0.2, -0.15) is 8.78 Å². The number of hydrogen-bond acceptors (Lipinski definition) is 5. The summed E-state index contributed by atoms with van der Waals surface area (Å²) in [5.74, 6) is -0.425. The molecule has 2 aromatic rings. The molecular weight excluding hydrogens is 430 g/mol. The number of pyridine rings is 1. The summed E-state index contributed by atoms with van der Waals surface area (Å²) >= 11 is 6.37. The summed E-state index contributed by atoms with van der Waals surface area (Å²) < 4.78 is 28.9. The Balaban J connectivity index is 1.74. The average Bonchev–Trinajstić information content (AvgIpc) is 2.73. The summed E-state index contributed by atoms with van der Waals surface area (Å²) in [4.78, 5) is 27.9. The van der Waals surface area contributed by atoms with Gasteiger partial charge in [-0.25, -0.2) is 4.98 Å². The van der Waals surface area contributed by atoms with E-state index >= 15 is 0 Å². The molecule has 3 rings (SSSR count). The maximum atomic E-state index is 12.3. The molecule has 166 valence electrons. The van der Waals surface area contributed by atoms with Crippen LogP contribution in [0.15, 0.2) is 36.5 Å². The van der Waals surface area contributed by atoms with Crippen LogP contribution in [-0.4, -0.2) is 23.4 Å². The first-order chi connectivity index (χ1) is 14.9. The molecule has 31 heavy (non-hydrogen) atoms. The second kappa shape index (κ2) is 10.5. The number of halogens is 3. The number of nitrogens with zero attached hydrogens (tertiary/aromatic N) is 1. The highest BCUT2D eigenvalue weighted by atomic mass is 35.5. The van der Waals surface area contributed by atoms with Crippen molar-refractivity contribution in [1.82, 2.24) is 20.9 Å². The fourth-order valence-electron chi connectivity index (χ4n) is 3.29. The standard InChI is InChI=1S/C21H23ClF2N4O3/c1-2-3-17(29)25-10-12-4-6-15(22)14(8-12)20-27-16(9-18(30)28-20)13-5-7-19(26-11-13)31-21(23)24/h4-8,11,16,20-21,27H,2-3,9-10H2,1H3,(H,25,29)(H,28,30). The van der Waals surface area contributed by atoms with Crippen LogP contribution in [0.4, 0.5) is 8.78 Å². The predicted molar refractivity (Wildman–Crippen MR) is 110 cm³/mol. The van der Waals surface area contributed by atoms with Crippen molar-refractivity contribution >= 4 is 23.4 Å². The quantitative estimate of drug-likeness (QED) is 0.569. The number of rotatable bonds is 8. The lowest BCUT2D eigenvalue weighted by molar-refractivity contribution is -0.124. The number of amides is 2. The lowest BCUT2D eigenvalue weighted by Crippen LogP contribution is -2.46. The molecule has 0 saturated carbocycles. The van der Waals surface area contributed by atoms with Gasteiger partial charge in [0.25, 0.3) is 0 Å². The van der Waals surface area contributed by atoms with Crippen molar-refractivity contribution in [1.29, 1.82) is 0 Å². The molecule has 7 nitrogen and oxygen atoms in total. The van der Waals surface area contributed by atoms with Crippen LogP contribution < -0.4 is 20.7 Å². The van der Waals surface area contributed by atoms with E-state index in [9.17, 15) is 18.4 Å². The van der Waals surface area contributed by atoms with Crippen LogP contribution in [0.1, 0.15) is 55.1 Å². The van der Waals surface area contributed by atoms with Gasteiger partial charge >= 0.3 is 6.61 Å². The highest BCUT2D eigenvalue weighted by Gasteiger charge is 2.29.